The van der Waals surface area contributed by atoms with E-state index in [0.29, 0.717) is 24.5 Å². The Morgan fingerprint density at radius 3 is 2.52 bits per heavy atom. The van der Waals surface area contributed by atoms with Gasteiger partial charge in [-0.15, -0.1) is 0 Å². The first-order valence-corrected chi connectivity index (χ1v) is 8.66. The molecule has 6 heteroatoms. The molecule has 0 spiro atoms. The first-order valence-electron chi connectivity index (χ1n) is 7.17. The molecule has 0 saturated carbocycles. The van der Waals surface area contributed by atoms with E-state index in [1.54, 1.807) is 19.1 Å². The molecule has 0 aromatic heterocycles. The van der Waals surface area contributed by atoms with Crippen molar-refractivity contribution < 1.29 is 17.9 Å². The largest absolute Gasteiger partial charge is 0.350 e. The van der Waals surface area contributed by atoms with Crippen molar-refractivity contribution in [1.82, 2.24) is 4.72 Å². The van der Waals surface area contributed by atoms with Crippen LogP contribution >= 0.6 is 0 Å². The van der Waals surface area contributed by atoms with Gasteiger partial charge in [0.15, 0.2) is 5.79 Å². The second-order valence-electron chi connectivity index (χ2n) is 5.60. The lowest BCUT2D eigenvalue weighted by Crippen LogP contribution is -2.41. The second kappa shape index (κ2) is 6.44. The fourth-order valence-corrected chi connectivity index (χ4v) is 3.67. The third-order valence-corrected chi connectivity index (χ3v) is 5.22. The molecule has 0 atom stereocenters. The average Bonchev–Trinajstić information content (AvgIpc) is 2.38. The standard InChI is InChI=1S/C15H23NO4S/c1-12-5-6-14(13(2)11-12)21(17,18)16-8-7-15(3)19-9-4-10-20-15/h5-6,11,16H,4,7-10H2,1-3H3. The van der Waals surface area contributed by atoms with Gasteiger partial charge in [-0.25, -0.2) is 13.1 Å². The van der Waals surface area contributed by atoms with Gasteiger partial charge in [0.05, 0.1) is 18.1 Å². The molecule has 21 heavy (non-hydrogen) atoms. The molecule has 1 N–H and O–H groups in total. The van der Waals surface area contributed by atoms with E-state index in [-0.39, 0.29) is 6.54 Å². The Balaban J connectivity index is 1.98. The van der Waals surface area contributed by atoms with E-state index < -0.39 is 15.8 Å². The molecule has 118 valence electrons. The van der Waals surface area contributed by atoms with Crippen molar-refractivity contribution in [1.29, 1.82) is 0 Å². The summed E-state index contributed by atoms with van der Waals surface area (Å²) in [6, 6.07) is 5.31. The van der Waals surface area contributed by atoms with Crippen LogP contribution in [0, 0.1) is 13.8 Å². The Kier molecular flexibility index (Phi) is 5.03. The van der Waals surface area contributed by atoms with Crippen LogP contribution in [0.4, 0.5) is 0 Å². The minimum atomic E-state index is -3.50. The van der Waals surface area contributed by atoms with Gasteiger partial charge in [-0.3, -0.25) is 0 Å². The van der Waals surface area contributed by atoms with Crippen molar-refractivity contribution in [3.05, 3.63) is 29.3 Å². The Hall–Kier alpha value is -0.950. The van der Waals surface area contributed by atoms with Gasteiger partial charge in [-0.1, -0.05) is 17.7 Å². The van der Waals surface area contributed by atoms with E-state index in [9.17, 15) is 8.42 Å². The van der Waals surface area contributed by atoms with Crippen LogP contribution in [0.1, 0.15) is 30.9 Å². The number of hydrogen-bond acceptors (Lipinski definition) is 4. The molecule has 1 aromatic rings. The van der Waals surface area contributed by atoms with E-state index in [4.69, 9.17) is 9.47 Å². The summed E-state index contributed by atoms with van der Waals surface area (Å²) < 4.78 is 38.4. The number of rotatable bonds is 5. The first kappa shape index (κ1) is 16.4. The van der Waals surface area contributed by atoms with E-state index >= 15 is 0 Å². The van der Waals surface area contributed by atoms with E-state index in [1.165, 1.54) is 0 Å². The third kappa shape index (κ3) is 4.26. The summed E-state index contributed by atoms with van der Waals surface area (Å²) >= 11 is 0. The maximum absolute atomic E-state index is 12.3. The van der Waals surface area contributed by atoms with E-state index in [1.807, 2.05) is 19.9 Å². The van der Waals surface area contributed by atoms with Crippen LogP contribution in [0.2, 0.25) is 0 Å². The Morgan fingerprint density at radius 1 is 1.24 bits per heavy atom. The molecule has 1 aliphatic rings. The summed E-state index contributed by atoms with van der Waals surface area (Å²) in [5, 5.41) is 0. The van der Waals surface area contributed by atoms with Crippen LogP contribution in [0.5, 0.6) is 0 Å². The first-order chi connectivity index (χ1) is 9.82. The monoisotopic (exact) mass is 313 g/mol. The van der Waals surface area contributed by atoms with Crippen LogP contribution in [-0.4, -0.2) is 34.0 Å². The lowest BCUT2D eigenvalue weighted by molar-refractivity contribution is -0.257. The van der Waals surface area contributed by atoms with E-state index in [2.05, 4.69) is 4.72 Å². The number of aryl methyl sites for hydroxylation is 2. The molecular weight excluding hydrogens is 290 g/mol. The normalized spacial score (nSPS) is 18.6. The predicted octanol–water partition coefficient (Wildman–Crippen LogP) is 2.12. The van der Waals surface area contributed by atoms with Crippen LogP contribution in [0.3, 0.4) is 0 Å². The number of benzene rings is 1. The average molecular weight is 313 g/mol. The van der Waals surface area contributed by atoms with Crippen molar-refractivity contribution in [3.8, 4) is 0 Å². The van der Waals surface area contributed by atoms with Gasteiger partial charge in [0.1, 0.15) is 0 Å². The Bertz CT molecular complexity index is 592. The van der Waals surface area contributed by atoms with Crippen LogP contribution in [0.15, 0.2) is 23.1 Å². The maximum atomic E-state index is 12.3. The molecular formula is C15H23NO4S. The van der Waals surface area contributed by atoms with Gasteiger partial charge >= 0.3 is 0 Å². The number of hydrogen-bond donors (Lipinski definition) is 1. The zero-order valence-electron chi connectivity index (χ0n) is 12.8. The van der Waals surface area contributed by atoms with Crippen molar-refractivity contribution in [2.24, 2.45) is 0 Å². The van der Waals surface area contributed by atoms with Gasteiger partial charge in [-0.2, -0.15) is 0 Å². The summed E-state index contributed by atoms with van der Waals surface area (Å²) in [5.41, 5.74) is 1.79. The highest BCUT2D eigenvalue weighted by Crippen LogP contribution is 2.22. The lowest BCUT2D eigenvalue weighted by Gasteiger charge is -2.33. The summed E-state index contributed by atoms with van der Waals surface area (Å²) in [6.45, 7) is 7.18. The summed E-state index contributed by atoms with van der Waals surface area (Å²) in [6.07, 6.45) is 1.36. The molecule has 1 heterocycles. The van der Waals surface area contributed by atoms with E-state index in [0.717, 1.165) is 17.5 Å². The number of ether oxygens (including phenoxy) is 2. The second-order valence-corrected chi connectivity index (χ2v) is 7.34. The highest BCUT2D eigenvalue weighted by Gasteiger charge is 2.29. The number of nitrogens with one attached hydrogen (secondary N) is 1. The van der Waals surface area contributed by atoms with Gasteiger partial charge in [-0.05, 0) is 38.8 Å². The number of sulfonamides is 1. The van der Waals surface area contributed by atoms with Gasteiger partial charge in [0.2, 0.25) is 10.0 Å². The van der Waals surface area contributed by atoms with Crippen molar-refractivity contribution in [2.45, 2.75) is 44.3 Å². The highest BCUT2D eigenvalue weighted by molar-refractivity contribution is 7.89. The molecule has 2 rings (SSSR count). The topological polar surface area (TPSA) is 64.6 Å². The van der Waals surface area contributed by atoms with Gasteiger partial charge < -0.3 is 9.47 Å². The molecule has 1 aliphatic heterocycles. The summed E-state index contributed by atoms with van der Waals surface area (Å²) in [5.74, 6) is -0.691. The van der Waals surface area contributed by atoms with Crippen LogP contribution in [0.25, 0.3) is 0 Å². The predicted molar refractivity (Wildman–Crippen MR) is 80.6 cm³/mol. The molecule has 1 fully saturated rings. The fraction of sp³-hybridized carbons (Fsp3) is 0.600. The van der Waals surface area contributed by atoms with Gasteiger partial charge in [0, 0.05) is 13.0 Å². The minimum absolute atomic E-state index is 0.284. The minimum Gasteiger partial charge on any atom is -0.350 e. The lowest BCUT2D eigenvalue weighted by atomic mass is 10.2. The molecule has 1 saturated heterocycles. The van der Waals surface area contributed by atoms with Crippen molar-refractivity contribution >= 4 is 10.0 Å². The molecule has 0 radical (unpaired) electrons. The SMILES string of the molecule is Cc1ccc(S(=O)(=O)NCCC2(C)OCCCO2)c(C)c1. The van der Waals surface area contributed by atoms with Gasteiger partial charge in [0.25, 0.3) is 0 Å². The Labute approximate surface area is 126 Å². The molecule has 0 unspecified atom stereocenters. The zero-order chi connectivity index (χ0) is 15.5. The smallest absolute Gasteiger partial charge is 0.240 e. The van der Waals surface area contributed by atoms with Crippen LogP contribution in [-0.2, 0) is 19.5 Å². The fourth-order valence-electron chi connectivity index (χ4n) is 2.41. The quantitative estimate of drug-likeness (QED) is 0.904. The molecule has 0 bridgehead atoms. The highest BCUT2D eigenvalue weighted by atomic mass is 32.2. The summed E-state index contributed by atoms with van der Waals surface area (Å²) in [7, 11) is -3.50. The molecule has 5 nitrogen and oxygen atoms in total. The van der Waals surface area contributed by atoms with Crippen LogP contribution < -0.4 is 4.72 Å². The van der Waals surface area contributed by atoms with Crippen molar-refractivity contribution in [2.75, 3.05) is 19.8 Å². The molecule has 0 amide bonds. The van der Waals surface area contributed by atoms with Crippen molar-refractivity contribution in [3.63, 3.8) is 0 Å². The third-order valence-electron chi connectivity index (χ3n) is 3.59. The molecule has 0 aliphatic carbocycles. The molecule has 1 aromatic carbocycles. The Morgan fingerprint density at radius 2 is 1.90 bits per heavy atom. The zero-order valence-corrected chi connectivity index (χ0v) is 13.6. The maximum Gasteiger partial charge on any atom is 0.240 e. The summed E-state index contributed by atoms with van der Waals surface area (Å²) in [4.78, 5) is 0.323.